The summed E-state index contributed by atoms with van der Waals surface area (Å²) in [6, 6.07) is 8.76. The normalized spacial score (nSPS) is 25.5. The molecule has 0 saturated heterocycles. The Bertz CT molecular complexity index is 527. The fourth-order valence-corrected chi connectivity index (χ4v) is 3.75. The van der Waals surface area contributed by atoms with Crippen molar-refractivity contribution in [3.8, 4) is 5.75 Å². The van der Waals surface area contributed by atoms with Crippen molar-refractivity contribution in [3.63, 3.8) is 0 Å². The van der Waals surface area contributed by atoms with Gasteiger partial charge in [-0.25, -0.2) is 0 Å². The first-order valence-electron chi connectivity index (χ1n) is 7.93. The Morgan fingerprint density at radius 2 is 2.19 bits per heavy atom. The molecule has 2 aliphatic rings. The van der Waals surface area contributed by atoms with Crippen molar-refractivity contribution < 1.29 is 8.95 Å². The maximum Gasteiger partial charge on any atom is 0.124 e. The average Bonchev–Trinajstić information content (AvgIpc) is 2.45. The highest BCUT2D eigenvalue weighted by Gasteiger charge is 2.45. The number of para-hydroxylation sites is 1. The first-order valence-corrected chi connectivity index (χ1v) is 9.55. The molecule has 0 unspecified atom stereocenters. The van der Waals surface area contributed by atoms with Crippen LogP contribution in [0.4, 0.5) is 0 Å². The number of benzene rings is 1. The quantitative estimate of drug-likeness (QED) is 0.908. The lowest BCUT2D eigenvalue weighted by molar-refractivity contribution is -0.0368. The number of nitrogens with one attached hydrogen (secondary N) is 1. The zero-order valence-corrected chi connectivity index (χ0v) is 13.7. The van der Waals surface area contributed by atoms with E-state index in [-0.39, 0.29) is 10.9 Å². The lowest BCUT2D eigenvalue weighted by Crippen LogP contribution is -2.49. The molecule has 3 nitrogen and oxygen atoms in total. The molecular weight excluding hydrogens is 282 g/mol. The number of hydrogen-bond donors (Lipinski definition) is 1. The van der Waals surface area contributed by atoms with Crippen LogP contribution >= 0.6 is 0 Å². The molecule has 0 bridgehead atoms. The molecule has 21 heavy (non-hydrogen) atoms. The predicted octanol–water partition coefficient (Wildman–Crippen LogP) is 3.18. The van der Waals surface area contributed by atoms with Gasteiger partial charge in [0.25, 0.3) is 0 Å². The van der Waals surface area contributed by atoms with Crippen LogP contribution in [0.1, 0.15) is 50.6 Å². The second-order valence-corrected chi connectivity index (χ2v) is 8.29. The van der Waals surface area contributed by atoms with Gasteiger partial charge in [-0.15, -0.1) is 0 Å². The largest absolute Gasteiger partial charge is 0.487 e. The van der Waals surface area contributed by atoms with Crippen LogP contribution in [0.15, 0.2) is 24.3 Å². The van der Waals surface area contributed by atoms with Crippen molar-refractivity contribution in [2.24, 2.45) is 0 Å². The van der Waals surface area contributed by atoms with Gasteiger partial charge in [0, 0.05) is 40.3 Å². The summed E-state index contributed by atoms with van der Waals surface area (Å²) in [6.45, 7) is 2.97. The molecule has 0 radical (unpaired) electrons. The highest BCUT2D eigenvalue weighted by molar-refractivity contribution is 7.84. The zero-order valence-electron chi connectivity index (χ0n) is 12.9. The van der Waals surface area contributed by atoms with Crippen LogP contribution in [-0.2, 0) is 10.8 Å². The Balaban J connectivity index is 1.67. The Morgan fingerprint density at radius 1 is 1.43 bits per heavy atom. The van der Waals surface area contributed by atoms with E-state index in [1.165, 1.54) is 24.8 Å². The van der Waals surface area contributed by atoms with Crippen LogP contribution in [0, 0.1) is 0 Å². The van der Waals surface area contributed by atoms with E-state index >= 15 is 0 Å². The molecule has 0 amide bonds. The number of rotatable bonds is 5. The minimum Gasteiger partial charge on any atom is -0.487 e. The summed E-state index contributed by atoms with van der Waals surface area (Å²) >= 11 is 0. The van der Waals surface area contributed by atoms with Gasteiger partial charge in [0.2, 0.25) is 0 Å². The third kappa shape index (κ3) is 3.16. The molecular formula is C17H25NO2S. The lowest BCUT2D eigenvalue weighted by atomic mass is 9.73. The Labute approximate surface area is 129 Å². The summed E-state index contributed by atoms with van der Waals surface area (Å²) in [4.78, 5) is 0. The minimum atomic E-state index is -0.732. The van der Waals surface area contributed by atoms with Crippen molar-refractivity contribution in [2.45, 2.75) is 55.9 Å². The molecule has 1 spiro atoms. The maximum absolute atomic E-state index is 11.4. The molecule has 0 aromatic heterocycles. The van der Waals surface area contributed by atoms with Gasteiger partial charge in [0.1, 0.15) is 11.4 Å². The van der Waals surface area contributed by atoms with Crippen molar-refractivity contribution in [1.82, 2.24) is 5.32 Å². The van der Waals surface area contributed by atoms with Gasteiger partial charge in [-0.05, 0) is 38.3 Å². The molecule has 1 saturated carbocycles. The van der Waals surface area contributed by atoms with Crippen molar-refractivity contribution in [1.29, 1.82) is 0 Å². The molecule has 4 heteroatoms. The first-order chi connectivity index (χ1) is 10.1. The minimum absolute atomic E-state index is 0.0746. The summed E-state index contributed by atoms with van der Waals surface area (Å²) in [7, 11) is -0.732. The second kappa shape index (κ2) is 6.09. The summed E-state index contributed by atoms with van der Waals surface area (Å²) < 4.78 is 17.7. The monoisotopic (exact) mass is 307 g/mol. The van der Waals surface area contributed by atoms with Gasteiger partial charge < -0.3 is 10.1 Å². The predicted molar refractivity (Wildman–Crippen MR) is 87.2 cm³/mol. The van der Waals surface area contributed by atoms with Crippen molar-refractivity contribution >= 4 is 10.8 Å². The molecule has 3 rings (SSSR count). The number of ether oxygens (including phenoxy) is 1. The van der Waals surface area contributed by atoms with E-state index in [1.54, 1.807) is 6.26 Å². The zero-order chi connectivity index (χ0) is 14.9. The van der Waals surface area contributed by atoms with Crippen molar-refractivity contribution in [2.75, 3.05) is 12.8 Å². The molecule has 116 valence electrons. The van der Waals surface area contributed by atoms with Crippen molar-refractivity contribution in [3.05, 3.63) is 29.8 Å². The van der Waals surface area contributed by atoms with E-state index in [0.717, 1.165) is 25.1 Å². The summed E-state index contributed by atoms with van der Waals surface area (Å²) in [6.07, 6.45) is 7.44. The smallest absolute Gasteiger partial charge is 0.124 e. The third-order valence-corrected chi connectivity index (χ3v) is 6.34. The fourth-order valence-electron chi connectivity index (χ4n) is 3.30. The molecule has 1 fully saturated rings. The third-order valence-electron chi connectivity index (χ3n) is 4.97. The van der Waals surface area contributed by atoms with Crippen LogP contribution in [0.25, 0.3) is 0 Å². The van der Waals surface area contributed by atoms with Gasteiger partial charge in [0.15, 0.2) is 0 Å². The molecule has 1 aromatic carbocycles. The van der Waals surface area contributed by atoms with Crippen LogP contribution < -0.4 is 10.1 Å². The summed E-state index contributed by atoms with van der Waals surface area (Å²) in [5.74, 6) is 1.05. The molecule has 1 aromatic rings. The lowest BCUT2D eigenvalue weighted by Gasteiger charge is -2.48. The SMILES string of the molecule is C[C@H](CCN[C@@H]1CC2(CCC2)Oc2ccccc21)[S@](C)=O. The Morgan fingerprint density at radius 3 is 2.86 bits per heavy atom. The van der Waals surface area contributed by atoms with Gasteiger partial charge >= 0.3 is 0 Å². The van der Waals surface area contributed by atoms with E-state index < -0.39 is 10.8 Å². The molecule has 1 aliphatic carbocycles. The molecule has 3 atom stereocenters. The standard InChI is InChI=1S/C17H25NO2S/c1-13(21(2)19)8-11-18-15-12-17(9-5-10-17)20-16-7-4-3-6-14(15)16/h3-4,6-7,13,15,18H,5,8-12H2,1-2H3/t13-,15-,21+/m1/s1. The van der Waals surface area contributed by atoms with Gasteiger partial charge in [-0.2, -0.15) is 0 Å². The van der Waals surface area contributed by atoms with Gasteiger partial charge in [-0.3, -0.25) is 4.21 Å². The van der Waals surface area contributed by atoms with E-state index in [0.29, 0.717) is 6.04 Å². The summed E-state index contributed by atoms with van der Waals surface area (Å²) in [5, 5.41) is 3.93. The van der Waals surface area contributed by atoms with E-state index in [4.69, 9.17) is 4.74 Å². The number of fused-ring (bicyclic) bond motifs is 1. The fraction of sp³-hybridized carbons (Fsp3) is 0.647. The van der Waals surface area contributed by atoms with E-state index in [9.17, 15) is 4.21 Å². The molecule has 1 N–H and O–H groups in total. The Kier molecular flexibility index (Phi) is 4.36. The maximum atomic E-state index is 11.4. The van der Waals surface area contributed by atoms with Crippen LogP contribution in [0.2, 0.25) is 0 Å². The highest BCUT2D eigenvalue weighted by atomic mass is 32.2. The van der Waals surface area contributed by atoms with E-state index in [1.807, 2.05) is 0 Å². The Hall–Kier alpha value is -0.870. The number of hydrogen-bond acceptors (Lipinski definition) is 3. The first kappa shape index (κ1) is 15.0. The summed E-state index contributed by atoms with van der Waals surface area (Å²) in [5.41, 5.74) is 1.35. The van der Waals surface area contributed by atoms with Gasteiger partial charge in [0.05, 0.1) is 0 Å². The van der Waals surface area contributed by atoms with Gasteiger partial charge in [-0.1, -0.05) is 25.1 Å². The topological polar surface area (TPSA) is 38.3 Å². The second-order valence-electron chi connectivity index (χ2n) is 6.49. The highest BCUT2D eigenvalue weighted by Crippen LogP contribution is 2.48. The van der Waals surface area contributed by atoms with Crippen LogP contribution in [0.3, 0.4) is 0 Å². The van der Waals surface area contributed by atoms with Crippen LogP contribution in [0.5, 0.6) is 5.75 Å². The molecule has 1 heterocycles. The van der Waals surface area contributed by atoms with E-state index in [2.05, 4.69) is 36.5 Å². The molecule has 1 aliphatic heterocycles. The van der Waals surface area contributed by atoms with Crippen LogP contribution in [-0.4, -0.2) is 27.9 Å². The average molecular weight is 307 g/mol.